The summed E-state index contributed by atoms with van der Waals surface area (Å²) in [5.74, 6) is -0.239. The molecule has 4 aromatic rings. The number of fused-ring (bicyclic) bond motifs is 2. The first-order chi connectivity index (χ1) is 14.7. The van der Waals surface area contributed by atoms with Crippen LogP contribution in [0.25, 0.3) is 10.2 Å². The fourth-order valence-electron chi connectivity index (χ4n) is 3.79. The molecule has 1 atom stereocenters. The van der Waals surface area contributed by atoms with E-state index >= 15 is 0 Å². The van der Waals surface area contributed by atoms with Crippen LogP contribution in [0, 0.1) is 0 Å². The molecule has 0 bridgehead atoms. The molecule has 0 aliphatic carbocycles. The van der Waals surface area contributed by atoms with Gasteiger partial charge in [0.15, 0.2) is 5.76 Å². The van der Waals surface area contributed by atoms with Crippen LogP contribution in [-0.2, 0) is 24.3 Å². The molecule has 5 rings (SSSR count). The number of furan rings is 1. The van der Waals surface area contributed by atoms with Crippen LogP contribution in [-0.4, -0.2) is 27.7 Å². The zero-order valence-electron chi connectivity index (χ0n) is 16.1. The summed E-state index contributed by atoms with van der Waals surface area (Å²) in [6, 6.07) is 18.5. The Balaban J connectivity index is 1.37. The first-order valence-electron chi connectivity index (χ1n) is 9.72. The number of para-hydroxylation sites is 1. The standard InChI is InChI=1S/C23H19N3O3S/c27-22(24-13-21-25-17-8-3-4-10-20(17)30-21)18-12-15-6-1-2-7-16(15)14-26(18)23(28)19-9-5-11-29-19/h1-11,18H,12-14H2,(H,24,27). The fourth-order valence-corrected chi connectivity index (χ4v) is 4.70. The number of amides is 2. The molecule has 0 saturated heterocycles. The van der Waals surface area contributed by atoms with Crippen molar-refractivity contribution in [3.63, 3.8) is 0 Å². The van der Waals surface area contributed by atoms with Gasteiger partial charge in [-0.05, 0) is 35.4 Å². The van der Waals surface area contributed by atoms with Gasteiger partial charge in [0, 0.05) is 13.0 Å². The van der Waals surface area contributed by atoms with E-state index in [1.54, 1.807) is 28.4 Å². The molecule has 1 N–H and O–H groups in total. The van der Waals surface area contributed by atoms with Crippen molar-refractivity contribution in [2.75, 3.05) is 0 Å². The Morgan fingerprint density at radius 3 is 2.67 bits per heavy atom. The van der Waals surface area contributed by atoms with Gasteiger partial charge in [-0.2, -0.15) is 0 Å². The number of hydrogen-bond acceptors (Lipinski definition) is 5. The lowest BCUT2D eigenvalue weighted by atomic mass is 9.93. The Morgan fingerprint density at radius 2 is 1.87 bits per heavy atom. The lowest BCUT2D eigenvalue weighted by Gasteiger charge is -2.35. The first kappa shape index (κ1) is 18.6. The molecule has 0 fully saturated rings. The molecular weight excluding hydrogens is 398 g/mol. The number of nitrogens with one attached hydrogen (secondary N) is 1. The number of carbonyl (C=O) groups excluding carboxylic acids is 2. The van der Waals surface area contributed by atoms with E-state index in [2.05, 4.69) is 10.3 Å². The molecule has 0 spiro atoms. The van der Waals surface area contributed by atoms with Gasteiger partial charge in [-0.25, -0.2) is 4.98 Å². The number of rotatable bonds is 4. The van der Waals surface area contributed by atoms with Crippen molar-refractivity contribution >= 4 is 33.4 Å². The third kappa shape index (κ3) is 3.48. The lowest BCUT2D eigenvalue weighted by Crippen LogP contribution is -2.52. The highest BCUT2D eigenvalue weighted by Gasteiger charge is 2.35. The minimum absolute atomic E-state index is 0.191. The zero-order valence-corrected chi connectivity index (χ0v) is 16.9. The summed E-state index contributed by atoms with van der Waals surface area (Å²) in [5.41, 5.74) is 3.06. The van der Waals surface area contributed by atoms with Gasteiger partial charge in [0.25, 0.3) is 5.91 Å². The largest absolute Gasteiger partial charge is 0.459 e. The van der Waals surface area contributed by atoms with Crippen molar-refractivity contribution in [3.05, 3.63) is 88.8 Å². The van der Waals surface area contributed by atoms with Gasteiger partial charge >= 0.3 is 0 Å². The van der Waals surface area contributed by atoms with Crippen LogP contribution in [0.15, 0.2) is 71.3 Å². The highest BCUT2D eigenvalue weighted by atomic mass is 32.1. The third-order valence-electron chi connectivity index (χ3n) is 5.30. The molecule has 1 aliphatic heterocycles. The number of hydrogen-bond donors (Lipinski definition) is 1. The Bertz CT molecular complexity index is 1180. The highest BCUT2D eigenvalue weighted by molar-refractivity contribution is 7.18. The molecule has 0 saturated carbocycles. The van der Waals surface area contributed by atoms with Crippen LogP contribution in [0.3, 0.4) is 0 Å². The topological polar surface area (TPSA) is 75.4 Å². The number of nitrogens with zero attached hydrogens (tertiary/aromatic N) is 2. The second-order valence-corrected chi connectivity index (χ2v) is 8.31. The number of aromatic nitrogens is 1. The summed E-state index contributed by atoms with van der Waals surface area (Å²) in [6.07, 6.45) is 1.93. The van der Waals surface area contributed by atoms with E-state index in [4.69, 9.17) is 4.42 Å². The zero-order chi connectivity index (χ0) is 20.5. The average Bonchev–Trinajstić information content (AvgIpc) is 3.45. The van der Waals surface area contributed by atoms with Crippen molar-refractivity contribution < 1.29 is 14.0 Å². The number of carbonyl (C=O) groups is 2. The predicted octanol–water partition coefficient (Wildman–Crippen LogP) is 3.77. The predicted molar refractivity (Wildman–Crippen MR) is 114 cm³/mol. The van der Waals surface area contributed by atoms with Crippen LogP contribution in [0.4, 0.5) is 0 Å². The van der Waals surface area contributed by atoms with Crippen LogP contribution < -0.4 is 5.32 Å². The molecule has 1 unspecified atom stereocenters. The van der Waals surface area contributed by atoms with Gasteiger partial charge in [0.1, 0.15) is 11.0 Å². The molecule has 2 aromatic heterocycles. The van der Waals surface area contributed by atoms with Gasteiger partial charge in [-0.3, -0.25) is 9.59 Å². The van der Waals surface area contributed by atoms with Crippen LogP contribution in [0.1, 0.15) is 26.7 Å². The van der Waals surface area contributed by atoms with E-state index in [0.717, 1.165) is 26.4 Å². The third-order valence-corrected chi connectivity index (χ3v) is 6.33. The molecule has 2 aromatic carbocycles. The Hall–Kier alpha value is -3.45. The fraction of sp³-hybridized carbons (Fsp3) is 0.174. The quantitative estimate of drug-likeness (QED) is 0.548. The van der Waals surface area contributed by atoms with Gasteiger partial charge in [0.05, 0.1) is 23.0 Å². The van der Waals surface area contributed by atoms with E-state index < -0.39 is 6.04 Å². The Labute approximate surface area is 177 Å². The lowest BCUT2D eigenvalue weighted by molar-refractivity contribution is -0.126. The van der Waals surface area contributed by atoms with Crippen molar-refractivity contribution in [2.24, 2.45) is 0 Å². The second kappa shape index (κ2) is 7.76. The van der Waals surface area contributed by atoms with Crippen LogP contribution in [0.2, 0.25) is 0 Å². The van der Waals surface area contributed by atoms with Gasteiger partial charge in [0.2, 0.25) is 5.91 Å². The van der Waals surface area contributed by atoms with E-state index in [9.17, 15) is 9.59 Å². The average molecular weight is 417 g/mol. The Kier molecular flexibility index (Phi) is 4.80. The van der Waals surface area contributed by atoms with Crippen molar-refractivity contribution in [1.29, 1.82) is 0 Å². The normalized spacial score (nSPS) is 15.7. The van der Waals surface area contributed by atoms with E-state index in [-0.39, 0.29) is 17.6 Å². The minimum atomic E-state index is -0.605. The molecule has 6 nitrogen and oxygen atoms in total. The number of benzene rings is 2. The van der Waals surface area contributed by atoms with Gasteiger partial charge < -0.3 is 14.6 Å². The maximum atomic E-state index is 13.1. The molecule has 1 aliphatic rings. The van der Waals surface area contributed by atoms with Crippen molar-refractivity contribution in [1.82, 2.24) is 15.2 Å². The van der Waals surface area contributed by atoms with Crippen LogP contribution in [0.5, 0.6) is 0 Å². The van der Waals surface area contributed by atoms with Crippen molar-refractivity contribution in [3.8, 4) is 0 Å². The van der Waals surface area contributed by atoms with E-state index in [0.29, 0.717) is 19.5 Å². The van der Waals surface area contributed by atoms with Gasteiger partial charge in [-0.1, -0.05) is 36.4 Å². The molecular formula is C23H19N3O3S. The monoisotopic (exact) mass is 417 g/mol. The second-order valence-electron chi connectivity index (χ2n) is 7.19. The Morgan fingerprint density at radius 1 is 1.07 bits per heavy atom. The summed E-state index contributed by atoms with van der Waals surface area (Å²) < 4.78 is 6.38. The molecule has 2 amide bonds. The summed E-state index contributed by atoms with van der Waals surface area (Å²) >= 11 is 1.56. The molecule has 0 radical (unpaired) electrons. The maximum absolute atomic E-state index is 13.1. The smallest absolute Gasteiger partial charge is 0.290 e. The van der Waals surface area contributed by atoms with E-state index in [1.165, 1.54) is 6.26 Å². The maximum Gasteiger partial charge on any atom is 0.290 e. The van der Waals surface area contributed by atoms with Crippen LogP contribution >= 0.6 is 11.3 Å². The summed E-state index contributed by atoms with van der Waals surface area (Å²) in [7, 11) is 0. The SMILES string of the molecule is O=C(NCc1nc2ccccc2s1)C1Cc2ccccc2CN1C(=O)c1ccco1. The first-order valence-corrected chi connectivity index (χ1v) is 10.5. The number of thiazole rings is 1. The minimum Gasteiger partial charge on any atom is -0.459 e. The summed E-state index contributed by atoms with van der Waals surface area (Å²) in [6.45, 7) is 0.702. The van der Waals surface area contributed by atoms with E-state index in [1.807, 2.05) is 48.5 Å². The summed E-state index contributed by atoms with van der Waals surface area (Å²) in [5, 5.41) is 3.81. The van der Waals surface area contributed by atoms with Crippen molar-refractivity contribution in [2.45, 2.75) is 25.6 Å². The highest BCUT2D eigenvalue weighted by Crippen LogP contribution is 2.26. The van der Waals surface area contributed by atoms with Gasteiger partial charge in [-0.15, -0.1) is 11.3 Å². The molecule has 30 heavy (non-hydrogen) atoms. The molecule has 3 heterocycles. The molecule has 150 valence electrons. The molecule has 7 heteroatoms. The summed E-state index contributed by atoms with van der Waals surface area (Å²) in [4.78, 5) is 32.3.